The Morgan fingerprint density at radius 3 is 2.71 bits per heavy atom. The van der Waals surface area contributed by atoms with Crippen LogP contribution in [0.15, 0.2) is 43.1 Å². The van der Waals surface area contributed by atoms with E-state index in [1.54, 1.807) is 4.90 Å². The first-order valence-corrected chi connectivity index (χ1v) is 9.22. The second-order valence-corrected chi connectivity index (χ2v) is 7.68. The molecule has 2 amide bonds. The van der Waals surface area contributed by atoms with Crippen molar-refractivity contribution in [3.63, 3.8) is 0 Å². The number of carboxylic acid groups (broad SMARTS) is 1. The molecule has 0 saturated carbocycles. The van der Waals surface area contributed by atoms with Gasteiger partial charge in [-0.15, -0.1) is 0 Å². The van der Waals surface area contributed by atoms with E-state index in [1.807, 2.05) is 45.0 Å². The Kier molecular flexibility index (Phi) is 5.23. The zero-order valence-electron chi connectivity index (χ0n) is 16.5. The maximum atomic E-state index is 12.9. The van der Waals surface area contributed by atoms with Gasteiger partial charge in [-0.25, -0.2) is 9.59 Å². The summed E-state index contributed by atoms with van der Waals surface area (Å²) in [4.78, 5) is 30.3. The number of carbonyl (C=O) groups excluding carboxylic acids is 1. The Bertz CT molecular complexity index is 950. The molecule has 2 N–H and O–H groups in total. The minimum absolute atomic E-state index is 0.205. The van der Waals surface area contributed by atoms with Crippen LogP contribution in [0.3, 0.4) is 0 Å². The van der Waals surface area contributed by atoms with Crippen molar-refractivity contribution >= 4 is 17.6 Å². The van der Waals surface area contributed by atoms with E-state index >= 15 is 0 Å². The van der Waals surface area contributed by atoms with Crippen molar-refractivity contribution in [2.24, 2.45) is 0 Å². The predicted molar refractivity (Wildman–Crippen MR) is 108 cm³/mol. The molecule has 28 heavy (non-hydrogen) atoms. The molecule has 0 spiro atoms. The number of rotatable bonds is 4. The topological polar surface area (TPSA) is 82.5 Å². The van der Waals surface area contributed by atoms with Gasteiger partial charge in [-0.2, -0.15) is 0 Å². The first kappa shape index (κ1) is 19.6. The van der Waals surface area contributed by atoms with Crippen molar-refractivity contribution in [3.8, 4) is 0 Å². The van der Waals surface area contributed by atoms with Gasteiger partial charge in [0.2, 0.25) is 0 Å². The van der Waals surface area contributed by atoms with E-state index in [4.69, 9.17) is 0 Å². The van der Waals surface area contributed by atoms with Gasteiger partial charge in [-0.05, 0) is 44.0 Å². The lowest BCUT2D eigenvalue weighted by Crippen LogP contribution is -2.50. The number of urea groups is 1. The molecular weight excluding hydrogens is 354 g/mol. The summed E-state index contributed by atoms with van der Waals surface area (Å²) in [6.45, 7) is 10.6. The van der Waals surface area contributed by atoms with Crippen LogP contribution >= 0.6 is 0 Å². The summed E-state index contributed by atoms with van der Waals surface area (Å²) in [5.41, 5.74) is 3.94. The van der Waals surface area contributed by atoms with Crippen LogP contribution in [0.4, 0.5) is 4.79 Å². The van der Waals surface area contributed by atoms with E-state index in [-0.39, 0.29) is 18.1 Å². The fraction of sp³-hybridized carbons (Fsp3) is 0.318. The molecule has 2 aromatic rings. The average molecular weight is 379 g/mol. The zero-order chi connectivity index (χ0) is 20.5. The SMILES string of the molecule is C=C(C)c1cccc(C(C)(C)NC(=O)N2CCc3nccc(C(=O)O)c3C2)c1. The van der Waals surface area contributed by atoms with Gasteiger partial charge in [0.15, 0.2) is 0 Å². The van der Waals surface area contributed by atoms with Crippen molar-refractivity contribution in [1.29, 1.82) is 0 Å². The molecule has 1 aromatic heterocycles. The third-order valence-electron chi connectivity index (χ3n) is 5.13. The number of amides is 2. The van der Waals surface area contributed by atoms with Crippen LogP contribution in [0.5, 0.6) is 0 Å². The Labute approximate surface area is 164 Å². The van der Waals surface area contributed by atoms with Gasteiger partial charge in [-0.3, -0.25) is 4.98 Å². The largest absolute Gasteiger partial charge is 0.478 e. The Hall–Kier alpha value is -3.15. The normalized spacial score (nSPS) is 13.6. The van der Waals surface area contributed by atoms with E-state index in [1.165, 1.54) is 12.3 Å². The molecule has 146 valence electrons. The van der Waals surface area contributed by atoms with Crippen LogP contribution in [0, 0.1) is 0 Å². The third-order valence-corrected chi connectivity index (χ3v) is 5.13. The van der Waals surface area contributed by atoms with Crippen molar-refractivity contribution in [3.05, 3.63) is 71.1 Å². The number of fused-ring (bicyclic) bond motifs is 1. The van der Waals surface area contributed by atoms with Crippen LogP contribution in [-0.4, -0.2) is 33.5 Å². The van der Waals surface area contributed by atoms with E-state index < -0.39 is 11.5 Å². The van der Waals surface area contributed by atoms with Gasteiger partial charge in [0.05, 0.1) is 17.6 Å². The summed E-state index contributed by atoms with van der Waals surface area (Å²) >= 11 is 0. The number of hydrogen-bond acceptors (Lipinski definition) is 3. The number of aromatic nitrogens is 1. The highest BCUT2D eigenvalue weighted by atomic mass is 16.4. The fourth-order valence-electron chi connectivity index (χ4n) is 3.40. The highest BCUT2D eigenvalue weighted by Gasteiger charge is 2.29. The zero-order valence-corrected chi connectivity index (χ0v) is 16.5. The summed E-state index contributed by atoms with van der Waals surface area (Å²) in [5, 5.41) is 12.5. The maximum absolute atomic E-state index is 12.9. The fourth-order valence-corrected chi connectivity index (χ4v) is 3.40. The summed E-state index contributed by atoms with van der Waals surface area (Å²) in [6.07, 6.45) is 2.05. The number of hydrogen-bond donors (Lipinski definition) is 2. The first-order chi connectivity index (χ1) is 13.2. The van der Waals surface area contributed by atoms with Gasteiger partial charge < -0.3 is 15.3 Å². The number of carboxylic acids is 1. The molecule has 0 atom stereocenters. The van der Waals surface area contributed by atoms with Gasteiger partial charge in [-0.1, -0.05) is 30.4 Å². The van der Waals surface area contributed by atoms with Crippen LogP contribution < -0.4 is 5.32 Å². The van der Waals surface area contributed by atoms with Gasteiger partial charge >= 0.3 is 12.0 Å². The lowest BCUT2D eigenvalue weighted by Gasteiger charge is -2.34. The summed E-state index contributed by atoms with van der Waals surface area (Å²) in [6, 6.07) is 9.21. The standard InChI is InChI=1S/C22H25N3O3/c1-14(2)15-6-5-7-16(12-15)22(3,4)24-21(28)25-11-9-19-18(13-25)17(20(26)27)8-10-23-19/h5-8,10,12H,1,9,11,13H2,2-4H3,(H,24,28)(H,26,27). The summed E-state index contributed by atoms with van der Waals surface area (Å²) in [7, 11) is 0. The van der Waals surface area contributed by atoms with Crippen LogP contribution in [-0.2, 0) is 18.5 Å². The molecule has 6 heteroatoms. The summed E-state index contributed by atoms with van der Waals surface area (Å²) in [5.74, 6) is -1.00. The number of nitrogens with zero attached hydrogens (tertiary/aromatic N) is 2. The minimum Gasteiger partial charge on any atom is -0.478 e. The van der Waals surface area contributed by atoms with Gasteiger partial charge in [0, 0.05) is 30.4 Å². The second-order valence-electron chi connectivity index (χ2n) is 7.68. The smallest absolute Gasteiger partial charge is 0.336 e. The molecular formula is C22H25N3O3. The molecule has 1 aromatic carbocycles. The lowest BCUT2D eigenvalue weighted by molar-refractivity contribution is 0.0693. The Balaban J connectivity index is 1.79. The monoisotopic (exact) mass is 379 g/mol. The summed E-state index contributed by atoms with van der Waals surface area (Å²) < 4.78 is 0. The van der Waals surface area contributed by atoms with Crippen molar-refractivity contribution in [2.75, 3.05) is 6.54 Å². The van der Waals surface area contributed by atoms with Crippen LogP contribution in [0.2, 0.25) is 0 Å². The number of pyridine rings is 1. The molecule has 6 nitrogen and oxygen atoms in total. The van der Waals surface area contributed by atoms with Gasteiger partial charge in [0.1, 0.15) is 0 Å². The van der Waals surface area contributed by atoms with Crippen LogP contribution in [0.25, 0.3) is 5.57 Å². The van der Waals surface area contributed by atoms with E-state index in [0.717, 1.165) is 22.4 Å². The van der Waals surface area contributed by atoms with E-state index in [0.29, 0.717) is 18.5 Å². The molecule has 0 bridgehead atoms. The first-order valence-electron chi connectivity index (χ1n) is 9.22. The highest BCUT2D eigenvalue weighted by Crippen LogP contribution is 2.25. The van der Waals surface area contributed by atoms with E-state index in [9.17, 15) is 14.7 Å². The van der Waals surface area contributed by atoms with Crippen LogP contribution in [0.1, 0.15) is 53.5 Å². The number of allylic oxidation sites excluding steroid dienone is 1. The quantitative estimate of drug-likeness (QED) is 0.846. The average Bonchev–Trinajstić information content (AvgIpc) is 2.66. The maximum Gasteiger partial charge on any atom is 0.336 e. The second kappa shape index (κ2) is 7.46. The molecule has 0 aliphatic carbocycles. The van der Waals surface area contributed by atoms with Crippen molar-refractivity contribution < 1.29 is 14.7 Å². The Morgan fingerprint density at radius 2 is 2.04 bits per heavy atom. The molecule has 0 radical (unpaired) electrons. The predicted octanol–water partition coefficient (Wildman–Crippen LogP) is 3.82. The molecule has 2 heterocycles. The highest BCUT2D eigenvalue weighted by molar-refractivity contribution is 5.90. The Morgan fingerprint density at radius 1 is 1.29 bits per heavy atom. The van der Waals surface area contributed by atoms with Crippen molar-refractivity contribution in [1.82, 2.24) is 15.2 Å². The van der Waals surface area contributed by atoms with E-state index in [2.05, 4.69) is 16.9 Å². The minimum atomic E-state index is -1.00. The molecule has 3 rings (SSSR count). The molecule has 0 saturated heterocycles. The lowest BCUT2D eigenvalue weighted by atomic mass is 9.91. The third kappa shape index (κ3) is 3.91. The van der Waals surface area contributed by atoms with Gasteiger partial charge in [0.25, 0.3) is 0 Å². The molecule has 0 fully saturated rings. The van der Waals surface area contributed by atoms with Crippen molar-refractivity contribution in [2.45, 2.75) is 39.3 Å². The number of carbonyl (C=O) groups is 2. The molecule has 0 unspecified atom stereocenters. The number of aromatic carboxylic acids is 1. The molecule has 1 aliphatic rings. The molecule has 1 aliphatic heterocycles. The number of benzene rings is 1. The number of nitrogens with one attached hydrogen (secondary N) is 1.